The van der Waals surface area contributed by atoms with Gasteiger partial charge in [-0.2, -0.15) is 0 Å². The zero-order valence-electron chi connectivity index (χ0n) is 18.2. The first-order valence-corrected chi connectivity index (χ1v) is 12.1. The Bertz CT molecular complexity index is 668. The van der Waals surface area contributed by atoms with Crippen LogP contribution in [-0.4, -0.2) is 0 Å². The van der Waals surface area contributed by atoms with E-state index in [-0.39, 0.29) is 0 Å². The molecule has 1 aromatic rings. The molecule has 0 heterocycles. The van der Waals surface area contributed by atoms with Gasteiger partial charge in [0.25, 0.3) is 0 Å². The van der Waals surface area contributed by atoms with Gasteiger partial charge in [-0.1, -0.05) is 70.1 Å². The van der Waals surface area contributed by atoms with Gasteiger partial charge < -0.3 is 0 Å². The molecule has 0 atom stereocenters. The summed E-state index contributed by atoms with van der Waals surface area (Å²) in [6.45, 7) is 2.29. The van der Waals surface area contributed by atoms with Gasteiger partial charge in [0.2, 0.25) is 0 Å². The second-order valence-electron chi connectivity index (χ2n) is 9.49. The highest BCUT2D eigenvalue weighted by Crippen LogP contribution is 2.42. The van der Waals surface area contributed by atoms with E-state index in [1.165, 1.54) is 96.0 Å². The van der Waals surface area contributed by atoms with Crippen LogP contribution in [0, 0.1) is 47.1 Å². The fourth-order valence-corrected chi connectivity index (χ4v) is 5.48. The third kappa shape index (κ3) is 7.13. The summed E-state index contributed by atoms with van der Waals surface area (Å²) in [7, 11) is 0. The van der Waals surface area contributed by atoms with Crippen molar-refractivity contribution in [3.05, 3.63) is 35.4 Å². The summed E-state index contributed by atoms with van der Waals surface area (Å²) in [5.74, 6) is 7.99. The summed E-state index contributed by atoms with van der Waals surface area (Å²) in [6, 6.07) is 3.94. The molecule has 2 saturated carbocycles. The fourth-order valence-electron chi connectivity index (χ4n) is 5.48. The largest absolute Gasteiger partial charge is 0.204 e. The topological polar surface area (TPSA) is 0 Å². The summed E-state index contributed by atoms with van der Waals surface area (Å²) < 4.78 is 26.3. The Morgan fingerprint density at radius 2 is 1.45 bits per heavy atom. The van der Waals surface area contributed by atoms with Gasteiger partial charge in [0.1, 0.15) is 0 Å². The molecule has 0 spiro atoms. The first kappa shape index (κ1) is 22.3. The first-order chi connectivity index (χ1) is 14.2. The Morgan fingerprint density at radius 1 is 0.793 bits per heavy atom. The minimum Gasteiger partial charge on any atom is -0.204 e. The van der Waals surface area contributed by atoms with Crippen LogP contribution < -0.4 is 0 Å². The molecule has 0 saturated heterocycles. The van der Waals surface area contributed by atoms with E-state index in [4.69, 9.17) is 0 Å². The lowest BCUT2D eigenvalue weighted by atomic mass is 9.69. The van der Waals surface area contributed by atoms with Crippen molar-refractivity contribution in [2.75, 3.05) is 0 Å². The van der Waals surface area contributed by atoms with Gasteiger partial charge in [0.15, 0.2) is 11.6 Å². The maximum atomic E-state index is 13.3. The third-order valence-electron chi connectivity index (χ3n) is 7.39. The van der Waals surface area contributed by atoms with E-state index < -0.39 is 11.6 Å². The van der Waals surface area contributed by atoms with Gasteiger partial charge in [0, 0.05) is 11.5 Å². The zero-order chi connectivity index (χ0) is 20.5. The van der Waals surface area contributed by atoms with Gasteiger partial charge in [0.05, 0.1) is 0 Å². The SMILES string of the molecule is CCCCCCC[C@H]1CC[C@H](C2CCC(C#Cc3ccc(F)c(F)c3)CC2)CC1. The number of unbranched alkanes of at least 4 members (excludes halogenated alkanes) is 4. The molecule has 2 aliphatic rings. The molecule has 29 heavy (non-hydrogen) atoms. The Kier molecular flexibility index (Phi) is 9.03. The van der Waals surface area contributed by atoms with Gasteiger partial charge in [-0.3, -0.25) is 0 Å². The van der Waals surface area contributed by atoms with E-state index in [1.807, 2.05) is 0 Å². The average molecular weight is 401 g/mol. The van der Waals surface area contributed by atoms with E-state index in [1.54, 1.807) is 6.07 Å². The van der Waals surface area contributed by atoms with Crippen LogP contribution >= 0.6 is 0 Å². The predicted molar refractivity (Wildman–Crippen MR) is 118 cm³/mol. The summed E-state index contributed by atoms with van der Waals surface area (Å²) in [4.78, 5) is 0. The van der Waals surface area contributed by atoms with E-state index in [0.29, 0.717) is 11.5 Å². The molecule has 0 bridgehead atoms. The normalized spacial score (nSPS) is 27.3. The second-order valence-corrected chi connectivity index (χ2v) is 9.49. The number of halogens is 2. The summed E-state index contributed by atoms with van der Waals surface area (Å²) >= 11 is 0. The lowest BCUT2D eigenvalue weighted by Gasteiger charge is -2.37. The fraction of sp³-hybridized carbons (Fsp3) is 0.704. The van der Waals surface area contributed by atoms with Crippen LogP contribution in [0.2, 0.25) is 0 Å². The van der Waals surface area contributed by atoms with Crippen LogP contribution in [0.15, 0.2) is 18.2 Å². The molecule has 0 aliphatic heterocycles. The Balaban J connectivity index is 1.35. The number of benzene rings is 1. The summed E-state index contributed by atoms with van der Waals surface area (Å²) in [5, 5.41) is 0. The maximum absolute atomic E-state index is 13.3. The van der Waals surface area contributed by atoms with Crippen LogP contribution in [0.5, 0.6) is 0 Å². The van der Waals surface area contributed by atoms with Crippen LogP contribution in [0.1, 0.15) is 102 Å². The molecule has 2 fully saturated rings. The van der Waals surface area contributed by atoms with Crippen molar-refractivity contribution in [3.63, 3.8) is 0 Å². The summed E-state index contributed by atoms with van der Waals surface area (Å²) in [6.07, 6.45) is 19.2. The quantitative estimate of drug-likeness (QED) is 0.319. The first-order valence-electron chi connectivity index (χ1n) is 12.1. The molecule has 0 N–H and O–H groups in total. The lowest BCUT2D eigenvalue weighted by molar-refractivity contribution is 0.153. The number of hydrogen-bond acceptors (Lipinski definition) is 0. The smallest absolute Gasteiger partial charge is 0.160 e. The predicted octanol–water partition coefficient (Wildman–Crippen LogP) is 8.29. The van der Waals surface area contributed by atoms with Gasteiger partial charge in [-0.25, -0.2) is 8.78 Å². The van der Waals surface area contributed by atoms with Gasteiger partial charge in [-0.05, 0) is 74.5 Å². The van der Waals surface area contributed by atoms with Crippen LogP contribution in [0.25, 0.3) is 0 Å². The lowest BCUT2D eigenvalue weighted by Crippen LogP contribution is -2.25. The molecular weight excluding hydrogens is 362 g/mol. The van der Waals surface area contributed by atoms with E-state index in [9.17, 15) is 8.78 Å². The Morgan fingerprint density at radius 3 is 2.10 bits per heavy atom. The monoisotopic (exact) mass is 400 g/mol. The van der Waals surface area contributed by atoms with Crippen molar-refractivity contribution < 1.29 is 8.78 Å². The highest BCUT2D eigenvalue weighted by molar-refractivity contribution is 5.35. The summed E-state index contributed by atoms with van der Waals surface area (Å²) in [5.41, 5.74) is 0.582. The van der Waals surface area contributed by atoms with Crippen molar-refractivity contribution in [1.82, 2.24) is 0 Å². The molecule has 0 aromatic heterocycles. The van der Waals surface area contributed by atoms with Gasteiger partial charge >= 0.3 is 0 Å². The highest BCUT2D eigenvalue weighted by atomic mass is 19.2. The van der Waals surface area contributed by atoms with E-state index in [0.717, 1.165) is 23.8 Å². The van der Waals surface area contributed by atoms with E-state index in [2.05, 4.69) is 18.8 Å². The molecule has 3 rings (SSSR count). The Hall–Kier alpha value is -1.36. The van der Waals surface area contributed by atoms with E-state index >= 15 is 0 Å². The average Bonchev–Trinajstić information content (AvgIpc) is 2.75. The van der Waals surface area contributed by atoms with Gasteiger partial charge in [-0.15, -0.1) is 0 Å². The van der Waals surface area contributed by atoms with Crippen molar-refractivity contribution in [2.24, 2.45) is 23.7 Å². The van der Waals surface area contributed by atoms with Crippen LogP contribution in [0.4, 0.5) is 8.78 Å². The number of hydrogen-bond donors (Lipinski definition) is 0. The molecule has 160 valence electrons. The van der Waals surface area contributed by atoms with Crippen molar-refractivity contribution in [1.29, 1.82) is 0 Å². The molecule has 0 amide bonds. The minimum atomic E-state index is -0.808. The maximum Gasteiger partial charge on any atom is 0.160 e. The van der Waals surface area contributed by atoms with Crippen molar-refractivity contribution in [3.8, 4) is 11.8 Å². The molecule has 0 unspecified atom stereocenters. The molecule has 0 nitrogen and oxygen atoms in total. The third-order valence-corrected chi connectivity index (χ3v) is 7.39. The number of rotatable bonds is 7. The zero-order valence-corrected chi connectivity index (χ0v) is 18.2. The molecule has 1 aromatic carbocycles. The van der Waals surface area contributed by atoms with Crippen LogP contribution in [-0.2, 0) is 0 Å². The second kappa shape index (κ2) is 11.7. The minimum absolute atomic E-state index is 0.416. The molecule has 2 aliphatic carbocycles. The van der Waals surface area contributed by atoms with Crippen LogP contribution in [0.3, 0.4) is 0 Å². The molecular formula is C27H38F2. The highest BCUT2D eigenvalue weighted by Gasteiger charge is 2.30. The standard InChI is InChI=1S/C27H38F2/c1-2-3-4-5-6-7-21-10-15-24(16-11-21)25-17-12-22(13-18-25)8-9-23-14-19-26(28)27(29)20-23/h14,19-22,24-25H,2-7,10-13,15-18H2,1H3/t21-,22?,24-,25?. The van der Waals surface area contributed by atoms with Crippen molar-refractivity contribution in [2.45, 2.75) is 96.8 Å². The Labute approximate surface area is 176 Å². The van der Waals surface area contributed by atoms with Crippen molar-refractivity contribution >= 4 is 0 Å². The molecule has 2 heteroatoms. The molecule has 0 radical (unpaired) electrons.